The molecular weight excluding hydrogens is 383 g/mol. The third-order valence-electron chi connectivity index (χ3n) is 2.76. The molecule has 0 saturated heterocycles. The summed E-state index contributed by atoms with van der Waals surface area (Å²) in [5, 5.41) is 0.288. The molecule has 2 aromatic rings. The predicted octanol–water partition coefficient (Wildman–Crippen LogP) is 3.93. The summed E-state index contributed by atoms with van der Waals surface area (Å²) in [6, 6.07) is 6.59. The minimum absolute atomic E-state index is 0.0184. The number of aryl methyl sites for hydroxylation is 1. The minimum atomic E-state index is -3.84. The monoisotopic (exact) mass is 392 g/mol. The molecule has 0 atom stereocenters. The Kier molecular flexibility index (Phi) is 4.46. The van der Waals surface area contributed by atoms with E-state index in [0.717, 1.165) is 6.07 Å². The highest BCUT2D eigenvalue weighted by Gasteiger charge is 2.19. The Morgan fingerprint density at radius 1 is 1.29 bits per heavy atom. The van der Waals surface area contributed by atoms with Gasteiger partial charge in [0.25, 0.3) is 10.0 Å². The van der Waals surface area contributed by atoms with Gasteiger partial charge in [-0.15, -0.1) is 0 Å². The zero-order valence-corrected chi connectivity index (χ0v) is 14.0. The molecule has 0 saturated carbocycles. The van der Waals surface area contributed by atoms with Crippen LogP contribution in [0.5, 0.6) is 0 Å². The molecule has 2 rings (SSSR count). The van der Waals surface area contributed by atoms with Crippen molar-refractivity contribution in [3.05, 3.63) is 51.2 Å². The van der Waals surface area contributed by atoms with Gasteiger partial charge in [-0.05, 0) is 58.7 Å². The second-order valence-corrected chi connectivity index (χ2v) is 7.29. The number of anilines is 2. The summed E-state index contributed by atoms with van der Waals surface area (Å²) in [7, 11) is -3.84. The van der Waals surface area contributed by atoms with Crippen LogP contribution in [-0.2, 0) is 10.0 Å². The number of hydrogen-bond donors (Lipinski definition) is 2. The standard InChI is InChI=1S/C13H11BrClFN2O2S/c1-7-4-10(15)12(17)6-13(7)21(19,20)18-8-2-3-11(16)9(14)5-8/h2-6,18H,17H2,1H3. The lowest BCUT2D eigenvalue weighted by molar-refractivity contribution is 0.600. The van der Waals surface area contributed by atoms with Crippen molar-refractivity contribution >= 4 is 48.9 Å². The van der Waals surface area contributed by atoms with E-state index in [-0.39, 0.29) is 25.8 Å². The Morgan fingerprint density at radius 2 is 1.95 bits per heavy atom. The Bertz CT molecular complexity index is 812. The molecule has 0 aliphatic rings. The summed E-state index contributed by atoms with van der Waals surface area (Å²) < 4.78 is 40.4. The summed E-state index contributed by atoms with van der Waals surface area (Å²) in [5.74, 6) is -0.482. The van der Waals surface area contributed by atoms with Gasteiger partial charge in [0.1, 0.15) is 5.82 Å². The summed E-state index contributed by atoms with van der Waals surface area (Å²) in [4.78, 5) is 0.0184. The van der Waals surface area contributed by atoms with Crippen LogP contribution in [0, 0.1) is 12.7 Å². The average molecular weight is 394 g/mol. The van der Waals surface area contributed by atoms with Crippen molar-refractivity contribution in [1.29, 1.82) is 0 Å². The van der Waals surface area contributed by atoms with Crippen molar-refractivity contribution in [2.45, 2.75) is 11.8 Å². The van der Waals surface area contributed by atoms with Crippen molar-refractivity contribution in [2.24, 2.45) is 0 Å². The van der Waals surface area contributed by atoms with Crippen LogP contribution in [-0.4, -0.2) is 8.42 Å². The first kappa shape index (κ1) is 16.1. The van der Waals surface area contributed by atoms with Crippen molar-refractivity contribution in [1.82, 2.24) is 0 Å². The van der Waals surface area contributed by atoms with E-state index in [0.29, 0.717) is 5.56 Å². The van der Waals surface area contributed by atoms with Crippen LogP contribution >= 0.6 is 27.5 Å². The van der Waals surface area contributed by atoms with E-state index < -0.39 is 15.8 Å². The van der Waals surface area contributed by atoms with Gasteiger partial charge in [-0.25, -0.2) is 12.8 Å². The van der Waals surface area contributed by atoms with E-state index in [2.05, 4.69) is 20.7 Å². The van der Waals surface area contributed by atoms with Crippen LogP contribution in [0.1, 0.15) is 5.56 Å². The largest absolute Gasteiger partial charge is 0.397 e. The van der Waals surface area contributed by atoms with Gasteiger partial charge >= 0.3 is 0 Å². The fourth-order valence-corrected chi connectivity index (χ4v) is 3.64. The maximum absolute atomic E-state index is 13.2. The van der Waals surface area contributed by atoms with Crippen LogP contribution in [0.25, 0.3) is 0 Å². The van der Waals surface area contributed by atoms with Gasteiger partial charge < -0.3 is 5.73 Å². The molecule has 21 heavy (non-hydrogen) atoms. The zero-order valence-electron chi connectivity index (χ0n) is 10.8. The lowest BCUT2D eigenvalue weighted by Crippen LogP contribution is -2.14. The Hall–Kier alpha value is -1.31. The third-order valence-corrected chi connectivity index (χ3v) is 5.21. The van der Waals surface area contributed by atoms with E-state index in [4.69, 9.17) is 17.3 Å². The van der Waals surface area contributed by atoms with Gasteiger partial charge in [0.05, 0.1) is 25.8 Å². The molecule has 0 radical (unpaired) electrons. The fourth-order valence-electron chi connectivity index (χ4n) is 1.73. The highest BCUT2D eigenvalue weighted by Crippen LogP contribution is 2.28. The Labute approximate surface area is 135 Å². The molecule has 0 amide bonds. The van der Waals surface area contributed by atoms with Gasteiger partial charge in [0.15, 0.2) is 0 Å². The lowest BCUT2D eigenvalue weighted by Gasteiger charge is -2.12. The number of hydrogen-bond acceptors (Lipinski definition) is 3. The number of nitrogen functional groups attached to an aromatic ring is 1. The van der Waals surface area contributed by atoms with E-state index in [9.17, 15) is 12.8 Å². The molecule has 0 unspecified atom stereocenters. The first-order valence-corrected chi connectivity index (χ1v) is 8.39. The van der Waals surface area contributed by atoms with Gasteiger partial charge in [-0.3, -0.25) is 4.72 Å². The van der Waals surface area contributed by atoms with Crippen molar-refractivity contribution < 1.29 is 12.8 Å². The molecule has 0 heterocycles. The lowest BCUT2D eigenvalue weighted by atomic mass is 10.2. The summed E-state index contributed by atoms with van der Waals surface area (Å²) in [5.41, 5.74) is 6.51. The Morgan fingerprint density at radius 3 is 2.57 bits per heavy atom. The van der Waals surface area contributed by atoms with Crippen molar-refractivity contribution in [3.63, 3.8) is 0 Å². The molecule has 0 aliphatic heterocycles. The van der Waals surface area contributed by atoms with Crippen molar-refractivity contribution in [3.8, 4) is 0 Å². The van der Waals surface area contributed by atoms with Crippen LogP contribution in [0.15, 0.2) is 39.7 Å². The molecule has 8 heteroatoms. The maximum atomic E-state index is 13.2. The van der Waals surface area contributed by atoms with E-state index in [1.165, 1.54) is 24.3 Å². The second-order valence-electron chi connectivity index (χ2n) is 4.37. The van der Waals surface area contributed by atoms with E-state index in [1.807, 2.05) is 0 Å². The van der Waals surface area contributed by atoms with E-state index >= 15 is 0 Å². The molecule has 0 aliphatic carbocycles. The van der Waals surface area contributed by atoms with Crippen molar-refractivity contribution in [2.75, 3.05) is 10.5 Å². The fraction of sp³-hybridized carbons (Fsp3) is 0.0769. The zero-order chi connectivity index (χ0) is 15.8. The van der Waals surface area contributed by atoms with Gasteiger partial charge in [0, 0.05) is 0 Å². The molecule has 0 aromatic heterocycles. The SMILES string of the molecule is Cc1cc(Cl)c(N)cc1S(=O)(=O)Nc1ccc(F)c(Br)c1. The molecule has 112 valence electrons. The normalized spacial score (nSPS) is 11.4. The number of halogens is 3. The summed E-state index contributed by atoms with van der Waals surface area (Å²) in [6.07, 6.45) is 0. The number of rotatable bonds is 3. The second kappa shape index (κ2) is 5.82. The van der Waals surface area contributed by atoms with Gasteiger partial charge in [-0.2, -0.15) is 0 Å². The van der Waals surface area contributed by atoms with E-state index in [1.54, 1.807) is 6.92 Å². The third kappa shape index (κ3) is 3.48. The first-order chi connectivity index (χ1) is 9.70. The van der Waals surface area contributed by atoms with Gasteiger partial charge in [0.2, 0.25) is 0 Å². The topological polar surface area (TPSA) is 72.2 Å². The van der Waals surface area contributed by atoms with Crippen LogP contribution in [0.3, 0.4) is 0 Å². The molecule has 0 spiro atoms. The smallest absolute Gasteiger partial charge is 0.262 e. The molecule has 2 aromatic carbocycles. The van der Waals surface area contributed by atoms with Crippen LogP contribution in [0.2, 0.25) is 5.02 Å². The number of nitrogens with one attached hydrogen (secondary N) is 1. The number of benzene rings is 2. The summed E-state index contributed by atoms with van der Waals surface area (Å²) in [6.45, 7) is 1.61. The van der Waals surface area contributed by atoms with Gasteiger partial charge in [-0.1, -0.05) is 11.6 Å². The predicted molar refractivity (Wildman–Crippen MR) is 85.5 cm³/mol. The van der Waals surface area contributed by atoms with Crippen LogP contribution in [0.4, 0.5) is 15.8 Å². The summed E-state index contributed by atoms with van der Waals surface area (Å²) >= 11 is 8.84. The molecule has 4 nitrogen and oxygen atoms in total. The molecule has 0 fully saturated rings. The maximum Gasteiger partial charge on any atom is 0.262 e. The molecule has 0 bridgehead atoms. The highest BCUT2D eigenvalue weighted by molar-refractivity contribution is 9.10. The number of nitrogens with two attached hydrogens (primary N) is 1. The average Bonchev–Trinajstić information content (AvgIpc) is 2.37. The number of sulfonamides is 1. The first-order valence-electron chi connectivity index (χ1n) is 5.74. The quantitative estimate of drug-likeness (QED) is 0.776. The van der Waals surface area contributed by atoms with Crippen LogP contribution < -0.4 is 10.5 Å². The molecule has 3 N–H and O–H groups in total. The molecular formula is C13H11BrClFN2O2S. The highest BCUT2D eigenvalue weighted by atomic mass is 79.9. The Balaban J connectivity index is 2.43. The minimum Gasteiger partial charge on any atom is -0.397 e.